The van der Waals surface area contributed by atoms with Gasteiger partial charge in [-0.25, -0.2) is 9.97 Å². The number of nitrogens with zero attached hydrogens (tertiary/aromatic N) is 3. The van der Waals surface area contributed by atoms with Crippen molar-refractivity contribution in [3.63, 3.8) is 0 Å². The Labute approximate surface area is 165 Å². The van der Waals surface area contributed by atoms with E-state index in [0.29, 0.717) is 36.1 Å². The molecule has 1 aromatic heterocycles. The summed E-state index contributed by atoms with van der Waals surface area (Å²) in [6.45, 7) is 3.17. The van der Waals surface area contributed by atoms with Crippen LogP contribution in [0.5, 0.6) is 0 Å². The van der Waals surface area contributed by atoms with Crippen molar-refractivity contribution in [1.29, 1.82) is 0 Å². The number of carbonyl (C=O) groups is 1. The van der Waals surface area contributed by atoms with Gasteiger partial charge in [0.05, 0.1) is 11.3 Å². The molecule has 0 fully saturated rings. The average molecular weight is 372 g/mol. The van der Waals surface area contributed by atoms with E-state index in [-0.39, 0.29) is 5.91 Å². The number of hydrogen-bond acceptors (Lipinski definition) is 4. The van der Waals surface area contributed by atoms with Gasteiger partial charge in [0.2, 0.25) is 0 Å². The normalized spacial score (nSPS) is 15.9. The monoisotopic (exact) mass is 372 g/mol. The van der Waals surface area contributed by atoms with E-state index in [1.54, 1.807) is 6.20 Å². The topological polar surface area (TPSA) is 72.1 Å². The van der Waals surface area contributed by atoms with Gasteiger partial charge in [-0.1, -0.05) is 48.5 Å². The zero-order valence-corrected chi connectivity index (χ0v) is 16.0. The highest BCUT2D eigenvalue weighted by Crippen LogP contribution is 2.32. The highest BCUT2D eigenvalue weighted by Gasteiger charge is 2.29. The standard InChI is InChI=1S/C23H24N4O/c1-16-20(14-25-22(26-16)18-7-3-2-4-8-18)23(28)27-15-17(11-12-24)13-19-9-5-6-10-21(19)27/h2-10,14,17H,11-13,15,24H2,1H3. The fourth-order valence-corrected chi connectivity index (χ4v) is 3.85. The lowest BCUT2D eigenvalue weighted by Crippen LogP contribution is -2.41. The van der Waals surface area contributed by atoms with Gasteiger partial charge in [0.1, 0.15) is 0 Å². The Morgan fingerprint density at radius 2 is 1.89 bits per heavy atom. The molecule has 0 saturated heterocycles. The summed E-state index contributed by atoms with van der Waals surface area (Å²) < 4.78 is 0. The molecular weight excluding hydrogens is 348 g/mol. The molecule has 142 valence electrons. The second kappa shape index (κ2) is 7.90. The van der Waals surface area contributed by atoms with Gasteiger partial charge < -0.3 is 10.6 Å². The van der Waals surface area contributed by atoms with Crippen LogP contribution in [-0.2, 0) is 6.42 Å². The zero-order valence-electron chi connectivity index (χ0n) is 16.0. The third kappa shape index (κ3) is 3.53. The molecule has 1 amide bonds. The summed E-state index contributed by atoms with van der Waals surface area (Å²) in [5, 5.41) is 0. The largest absolute Gasteiger partial charge is 0.330 e. The van der Waals surface area contributed by atoms with Gasteiger partial charge in [-0.2, -0.15) is 0 Å². The van der Waals surface area contributed by atoms with Crippen molar-refractivity contribution in [2.75, 3.05) is 18.0 Å². The van der Waals surface area contributed by atoms with Gasteiger partial charge in [-0.15, -0.1) is 0 Å². The Bertz CT molecular complexity index is 987. The molecule has 2 heterocycles. The fraction of sp³-hybridized carbons (Fsp3) is 0.261. The van der Waals surface area contributed by atoms with Crippen molar-refractivity contribution in [2.24, 2.45) is 11.7 Å². The van der Waals surface area contributed by atoms with Crippen molar-refractivity contribution < 1.29 is 4.79 Å². The van der Waals surface area contributed by atoms with Gasteiger partial charge in [-0.3, -0.25) is 4.79 Å². The minimum atomic E-state index is -0.0497. The molecule has 5 nitrogen and oxygen atoms in total. The highest BCUT2D eigenvalue weighted by molar-refractivity contribution is 6.07. The number of benzene rings is 2. The van der Waals surface area contributed by atoms with Gasteiger partial charge in [0.25, 0.3) is 5.91 Å². The van der Waals surface area contributed by atoms with E-state index in [4.69, 9.17) is 5.73 Å². The maximum Gasteiger partial charge on any atom is 0.261 e. The molecule has 0 saturated carbocycles. The van der Waals surface area contributed by atoms with Crippen LogP contribution in [0.3, 0.4) is 0 Å². The van der Waals surface area contributed by atoms with Gasteiger partial charge in [0, 0.05) is 24.0 Å². The van der Waals surface area contributed by atoms with Crippen LogP contribution in [0.2, 0.25) is 0 Å². The Balaban J connectivity index is 1.67. The molecule has 2 aromatic carbocycles. The van der Waals surface area contributed by atoms with Crippen LogP contribution in [-0.4, -0.2) is 29.0 Å². The molecule has 1 atom stereocenters. The third-order valence-corrected chi connectivity index (χ3v) is 5.29. The number of amides is 1. The van der Waals surface area contributed by atoms with Crippen LogP contribution in [0.1, 0.15) is 28.0 Å². The molecule has 0 bridgehead atoms. The molecule has 0 radical (unpaired) electrons. The molecule has 5 heteroatoms. The fourth-order valence-electron chi connectivity index (χ4n) is 3.85. The number of aryl methyl sites for hydroxylation is 1. The SMILES string of the molecule is Cc1nc(-c2ccccc2)ncc1C(=O)N1CC(CCN)Cc2ccccc21. The molecule has 1 aliphatic rings. The van der Waals surface area contributed by atoms with Crippen molar-refractivity contribution in [2.45, 2.75) is 19.8 Å². The number of anilines is 1. The van der Waals surface area contributed by atoms with E-state index >= 15 is 0 Å². The summed E-state index contributed by atoms with van der Waals surface area (Å²) >= 11 is 0. The summed E-state index contributed by atoms with van der Waals surface area (Å²) in [4.78, 5) is 24.3. The number of rotatable bonds is 4. The lowest BCUT2D eigenvalue weighted by atomic mass is 9.89. The van der Waals surface area contributed by atoms with Gasteiger partial charge in [0.15, 0.2) is 5.82 Å². The first kappa shape index (κ1) is 18.3. The van der Waals surface area contributed by atoms with E-state index in [9.17, 15) is 4.79 Å². The Hall–Kier alpha value is -3.05. The van der Waals surface area contributed by atoms with Crippen molar-refractivity contribution in [1.82, 2.24) is 9.97 Å². The molecule has 1 unspecified atom stereocenters. The van der Waals surface area contributed by atoms with Crippen molar-refractivity contribution >= 4 is 11.6 Å². The molecular formula is C23H24N4O. The quantitative estimate of drug-likeness (QED) is 0.759. The lowest BCUT2D eigenvalue weighted by Gasteiger charge is -2.34. The summed E-state index contributed by atoms with van der Waals surface area (Å²) in [7, 11) is 0. The third-order valence-electron chi connectivity index (χ3n) is 5.29. The highest BCUT2D eigenvalue weighted by atomic mass is 16.2. The average Bonchev–Trinajstić information content (AvgIpc) is 2.73. The second-order valence-electron chi connectivity index (χ2n) is 7.25. The maximum absolute atomic E-state index is 13.4. The summed E-state index contributed by atoms with van der Waals surface area (Å²) in [5.41, 5.74) is 10.1. The first-order valence-electron chi connectivity index (χ1n) is 9.66. The molecule has 3 aromatic rings. The number of hydrogen-bond donors (Lipinski definition) is 1. The van der Waals surface area contributed by atoms with Crippen LogP contribution >= 0.6 is 0 Å². The van der Waals surface area contributed by atoms with E-state index in [1.807, 2.05) is 60.4 Å². The van der Waals surface area contributed by atoms with Crippen molar-refractivity contribution in [3.8, 4) is 11.4 Å². The van der Waals surface area contributed by atoms with E-state index < -0.39 is 0 Å². The number of nitrogens with two attached hydrogens (primary N) is 1. The number of aromatic nitrogens is 2. The Morgan fingerprint density at radius 3 is 2.64 bits per heavy atom. The van der Waals surface area contributed by atoms with Crippen LogP contribution in [0.15, 0.2) is 60.8 Å². The summed E-state index contributed by atoms with van der Waals surface area (Å²) in [6, 6.07) is 17.9. The molecule has 0 aliphatic carbocycles. The number of fused-ring (bicyclic) bond motifs is 1. The van der Waals surface area contributed by atoms with Crippen LogP contribution in [0, 0.1) is 12.8 Å². The maximum atomic E-state index is 13.4. The molecule has 4 rings (SSSR count). The lowest BCUT2D eigenvalue weighted by molar-refractivity contribution is 0.0978. The molecule has 28 heavy (non-hydrogen) atoms. The van der Waals surface area contributed by atoms with E-state index in [0.717, 1.165) is 24.1 Å². The van der Waals surface area contributed by atoms with Gasteiger partial charge >= 0.3 is 0 Å². The van der Waals surface area contributed by atoms with Crippen molar-refractivity contribution in [3.05, 3.63) is 77.6 Å². The first-order chi connectivity index (χ1) is 13.7. The minimum Gasteiger partial charge on any atom is -0.330 e. The van der Waals surface area contributed by atoms with Crippen LogP contribution in [0.4, 0.5) is 5.69 Å². The number of carbonyl (C=O) groups excluding carboxylic acids is 1. The predicted molar refractivity (Wildman–Crippen MR) is 111 cm³/mol. The summed E-state index contributed by atoms with van der Waals surface area (Å²) in [6.07, 6.45) is 3.52. The van der Waals surface area contributed by atoms with E-state index in [1.165, 1.54) is 5.56 Å². The van der Waals surface area contributed by atoms with Gasteiger partial charge in [-0.05, 0) is 43.9 Å². The van der Waals surface area contributed by atoms with E-state index in [2.05, 4.69) is 16.0 Å². The first-order valence-corrected chi connectivity index (χ1v) is 9.66. The molecule has 1 aliphatic heterocycles. The van der Waals surface area contributed by atoms with Crippen LogP contribution < -0.4 is 10.6 Å². The Kier molecular flexibility index (Phi) is 5.17. The molecule has 0 spiro atoms. The smallest absolute Gasteiger partial charge is 0.261 e. The molecule has 2 N–H and O–H groups in total. The predicted octanol–water partition coefficient (Wildman–Crippen LogP) is 3.62. The second-order valence-corrected chi connectivity index (χ2v) is 7.25. The minimum absolute atomic E-state index is 0.0497. The summed E-state index contributed by atoms with van der Waals surface area (Å²) in [5.74, 6) is 0.953. The number of para-hydroxylation sites is 1. The Morgan fingerprint density at radius 1 is 1.14 bits per heavy atom. The zero-order chi connectivity index (χ0) is 19.5. The van der Waals surface area contributed by atoms with Crippen LogP contribution in [0.25, 0.3) is 11.4 Å².